The maximum absolute atomic E-state index is 13.0. The zero-order chi connectivity index (χ0) is 19.1. The smallest absolute Gasteiger partial charge is 0.249 e. The largest absolute Gasteiger partial charge is 0.378 e. The van der Waals surface area contributed by atoms with Crippen LogP contribution in [0, 0.1) is 6.92 Å². The molecule has 1 fully saturated rings. The van der Waals surface area contributed by atoms with Crippen molar-refractivity contribution in [3.05, 3.63) is 71.3 Å². The van der Waals surface area contributed by atoms with Gasteiger partial charge in [0, 0.05) is 19.5 Å². The van der Waals surface area contributed by atoms with Gasteiger partial charge >= 0.3 is 0 Å². The average molecular weight is 366 g/mol. The number of carbonyl (C=O) groups excluding carboxylic acids is 2. The Kier molecular flexibility index (Phi) is 6.60. The maximum atomic E-state index is 13.0. The van der Waals surface area contributed by atoms with E-state index >= 15 is 0 Å². The molecule has 27 heavy (non-hydrogen) atoms. The third-order valence-electron chi connectivity index (χ3n) is 4.77. The lowest BCUT2D eigenvalue weighted by Crippen LogP contribution is -2.47. The molecular formula is C22H26N2O3. The molecule has 5 heteroatoms. The van der Waals surface area contributed by atoms with Crippen LogP contribution in [0.25, 0.3) is 0 Å². The molecule has 0 bridgehead atoms. The van der Waals surface area contributed by atoms with E-state index in [0.29, 0.717) is 39.1 Å². The molecule has 0 spiro atoms. The van der Waals surface area contributed by atoms with Crippen LogP contribution in [0.3, 0.4) is 0 Å². The van der Waals surface area contributed by atoms with E-state index in [1.165, 1.54) is 5.56 Å². The van der Waals surface area contributed by atoms with Crippen LogP contribution in [0.4, 0.5) is 0 Å². The molecule has 3 rings (SSSR count). The van der Waals surface area contributed by atoms with Gasteiger partial charge in [-0.05, 0) is 24.5 Å². The standard InChI is InChI=1S/C22H26N2O3/c1-17-7-9-18(10-8-17)11-12-20(25)23-21(19-5-3-2-4-6-19)22(26)24-13-15-27-16-14-24/h2-10,21H,11-16H2,1H3,(H,23,25)/t21-/m0/s1. The number of morpholine rings is 1. The molecule has 1 atom stereocenters. The van der Waals surface area contributed by atoms with Gasteiger partial charge in [0.1, 0.15) is 6.04 Å². The Morgan fingerprint density at radius 2 is 1.70 bits per heavy atom. The van der Waals surface area contributed by atoms with Crippen LogP contribution in [-0.4, -0.2) is 43.0 Å². The second kappa shape index (κ2) is 9.33. The summed E-state index contributed by atoms with van der Waals surface area (Å²) in [4.78, 5) is 27.3. The molecule has 1 saturated heterocycles. The summed E-state index contributed by atoms with van der Waals surface area (Å²) in [5.74, 6) is -0.195. The van der Waals surface area contributed by atoms with Gasteiger partial charge in [0.25, 0.3) is 0 Å². The minimum absolute atomic E-state index is 0.0758. The minimum atomic E-state index is -0.658. The monoisotopic (exact) mass is 366 g/mol. The molecule has 0 saturated carbocycles. The Hall–Kier alpha value is -2.66. The van der Waals surface area contributed by atoms with Gasteiger partial charge in [0.05, 0.1) is 13.2 Å². The number of ether oxygens (including phenoxy) is 1. The summed E-state index contributed by atoms with van der Waals surface area (Å²) in [6.07, 6.45) is 1.00. The van der Waals surface area contributed by atoms with Crippen molar-refractivity contribution in [1.29, 1.82) is 0 Å². The van der Waals surface area contributed by atoms with Crippen molar-refractivity contribution in [1.82, 2.24) is 10.2 Å². The van der Waals surface area contributed by atoms with Crippen molar-refractivity contribution in [2.24, 2.45) is 0 Å². The molecule has 5 nitrogen and oxygen atoms in total. The summed E-state index contributed by atoms with van der Waals surface area (Å²) in [5.41, 5.74) is 3.12. The maximum Gasteiger partial charge on any atom is 0.249 e. The number of rotatable bonds is 6. The van der Waals surface area contributed by atoms with Crippen LogP contribution >= 0.6 is 0 Å². The van der Waals surface area contributed by atoms with E-state index in [9.17, 15) is 9.59 Å². The first-order chi connectivity index (χ1) is 13.1. The van der Waals surface area contributed by atoms with Gasteiger partial charge < -0.3 is 15.0 Å². The van der Waals surface area contributed by atoms with Gasteiger partial charge in [-0.2, -0.15) is 0 Å². The SMILES string of the molecule is Cc1ccc(CCC(=O)N[C@H](C(=O)N2CCOCC2)c2ccccc2)cc1. The molecular weight excluding hydrogens is 340 g/mol. The molecule has 142 valence electrons. The van der Waals surface area contributed by atoms with Gasteiger partial charge in [-0.15, -0.1) is 0 Å². The highest BCUT2D eigenvalue weighted by molar-refractivity contribution is 5.88. The van der Waals surface area contributed by atoms with Crippen molar-refractivity contribution in [3.8, 4) is 0 Å². The fraction of sp³-hybridized carbons (Fsp3) is 0.364. The zero-order valence-electron chi connectivity index (χ0n) is 15.7. The van der Waals surface area contributed by atoms with Crippen LogP contribution in [0.5, 0.6) is 0 Å². The van der Waals surface area contributed by atoms with Crippen molar-refractivity contribution < 1.29 is 14.3 Å². The highest BCUT2D eigenvalue weighted by atomic mass is 16.5. The number of hydrogen-bond donors (Lipinski definition) is 1. The number of carbonyl (C=O) groups is 2. The summed E-state index contributed by atoms with van der Waals surface area (Å²) in [6, 6.07) is 16.9. The van der Waals surface area contributed by atoms with Gasteiger partial charge in [-0.1, -0.05) is 60.2 Å². The number of aryl methyl sites for hydroxylation is 2. The van der Waals surface area contributed by atoms with Crippen LogP contribution in [0.2, 0.25) is 0 Å². The van der Waals surface area contributed by atoms with E-state index in [4.69, 9.17) is 4.74 Å². The number of nitrogens with zero attached hydrogens (tertiary/aromatic N) is 1. The number of hydrogen-bond acceptors (Lipinski definition) is 3. The zero-order valence-corrected chi connectivity index (χ0v) is 15.7. The highest BCUT2D eigenvalue weighted by Crippen LogP contribution is 2.17. The number of nitrogens with one attached hydrogen (secondary N) is 1. The molecule has 0 radical (unpaired) electrons. The lowest BCUT2D eigenvalue weighted by Gasteiger charge is -2.31. The van der Waals surface area contributed by atoms with Crippen molar-refractivity contribution in [3.63, 3.8) is 0 Å². The van der Waals surface area contributed by atoms with Gasteiger partial charge in [0.15, 0.2) is 0 Å². The van der Waals surface area contributed by atoms with Gasteiger partial charge in [-0.25, -0.2) is 0 Å². The van der Waals surface area contributed by atoms with Crippen LogP contribution in [0.15, 0.2) is 54.6 Å². The second-order valence-electron chi connectivity index (χ2n) is 6.83. The van der Waals surface area contributed by atoms with Crippen LogP contribution in [0.1, 0.15) is 29.2 Å². The Bertz CT molecular complexity index is 753. The molecule has 2 amide bonds. The molecule has 0 aromatic heterocycles. The lowest BCUT2D eigenvalue weighted by molar-refractivity contribution is -0.140. The van der Waals surface area contributed by atoms with Crippen molar-refractivity contribution in [2.45, 2.75) is 25.8 Å². The molecule has 2 aromatic rings. The highest BCUT2D eigenvalue weighted by Gasteiger charge is 2.28. The molecule has 0 aliphatic carbocycles. The first-order valence-corrected chi connectivity index (χ1v) is 9.40. The Morgan fingerprint density at radius 1 is 1.04 bits per heavy atom. The van der Waals surface area contributed by atoms with Crippen molar-refractivity contribution >= 4 is 11.8 Å². The predicted octanol–water partition coefficient (Wildman–Crippen LogP) is 2.64. The third-order valence-corrected chi connectivity index (χ3v) is 4.77. The fourth-order valence-corrected chi connectivity index (χ4v) is 3.15. The summed E-state index contributed by atoms with van der Waals surface area (Å²) < 4.78 is 5.33. The topological polar surface area (TPSA) is 58.6 Å². The number of benzene rings is 2. The Morgan fingerprint density at radius 3 is 2.37 bits per heavy atom. The molecule has 1 N–H and O–H groups in total. The fourth-order valence-electron chi connectivity index (χ4n) is 3.15. The number of amides is 2. The second-order valence-corrected chi connectivity index (χ2v) is 6.83. The quantitative estimate of drug-likeness (QED) is 0.855. The minimum Gasteiger partial charge on any atom is -0.378 e. The van der Waals surface area contributed by atoms with E-state index < -0.39 is 6.04 Å². The Balaban J connectivity index is 1.66. The van der Waals surface area contributed by atoms with E-state index in [-0.39, 0.29) is 11.8 Å². The normalized spacial score (nSPS) is 15.2. The van der Waals surface area contributed by atoms with E-state index in [1.54, 1.807) is 4.90 Å². The lowest BCUT2D eigenvalue weighted by atomic mass is 10.0. The summed E-state index contributed by atoms with van der Waals surface area (Å²) in [6.45, 7) is 4.23. The molecule has 0 unspecified atom stereocenters. The van der Waals surface area contributed by atoms with Gasteiger partial charge in [-0.3, -0.25) is 9.59 Å². The van der Waals surface area contributed by atoms with E-state index in [0.717, 1.165) is 11.1 Å². The molecule has 1 aliphatic rings. The first-order valence-electron chi connectivity index (χ1n) is 9.40. The summed E-state index contributed by atoms with van der Waals surface area (Å²) in [7, 11) is 0. The third kappa shape index (κ3) is 5.41. The molecule has 1 aliphatic heterocycles. The van der Waals surface area contributed by atoms with E-state index in [2.05, 4.69) is 5.32 Å². The first kappa shape index (κ1) is 19.1. The average Bonchev–Trinajstić information content (AvgIpc) is 2.72. The van der Waals surface area contributed by atoms with Crippen LogP contribution in [-0.2, 0) is 20.7 Å². The summed E-state index contributed by atoms with van der Waals surface area (Å²) >= 11 is 0. The van der Waals surface area contributed by atoms with Crippen LogP contribution < -0.4 is 5.32 Å². The van der Waals surface area contributed by atoms with Crippen molar-refractivity contribution in [2.75, 3.05) is 26.3 Å². The predicted molar refractivity (Wildman–Crippen MR) is 104 cm³/mol. The molecule has 1 heterocycles. The molecule has 2 aromatic carbocycles. The van der Waals surface area contributed by atoms with Gasteiger partial charge in [0.2, 0.25) is 11.8 Å². The summed E-state index contributed by atoms with van der Waals surface area (Å²) in [5, 5.41) is 2.94. The Labute approximate surface area is 160 Å². The van der Waals surface area contributed by atoms with E-state index in [1.807, 2.05) is 61.5 Å².